The molecule has 1 fully saturated rings. The van der Waals surface area contributed by atoms with Gasteiger partial charge in [-0.3, -0.25) is 18.6 Å². The molecule has 0 aromatic heterocycles. The van der Waals surface area contributed by atoms with Gasteiger partial charge in [-0.1, -0.05) is 147 Å². The summed E-state index contributed by atoms with van der Waals surface area (Å²) in [6.45, 7) is 3.23. The SMILES string of the molecule is CCCC/C=C/CCCCCCCCCCCC(=O)OC[C@H](COP(=O)(O)OC1C(O)C(O)C(O)[C@@H](O)C1O)OC(=O)CCCCCCC/C=C/C=C/CCCCCC. The molecular weight excluding hydrogens is 779 g/mol. The van der Waals surface area contributed by atoms with Crippen LogP contribution in [0.15, 0.2) is 36.5 Å². The number of aliphatic hydroxyl groups is 5. The van der Waals surface area contributed by atoms with Crippen molar-refractivity contribution in [2.75, 3.05) is 13.2 Å². The maximum Gasteiger partial charge on any atom is 0.472 e. The molecule has 1 saturated carbocycles. The van der Waals surface area contributed by atoms with E-state index in [0.717, 1.165) is 64.2 Å². The Hall–Kier alpha value is -1.93. The Kier molecular flexibility index (Phi) is 33.3. The Labute approximate surface area is 355 Å². The van der Waals surface area contributed by atoms with Crippen molar-refractivity contribution in [1.29, 1.82) is 0 Å². The van der Waals surface area contributed by atoms with Gasteiger partial charge in [0.25, 0.3) is 0 Å². The van der Waals surface area contributed by atoms with E-state index < -0.39 is 75.7 Å². The smallest absolute Gasteiger partial charge is 0.462 e. The Morgan fingerprint density at radius 2 is 0.932 bits per heavy atom. The van der Waals surface area contributed by atoms with Crippen LogP contribution in [0.25, 0.3) is 0 Å². The predicted molar refractivity (Wildman–Crippen MR) is 230 cm³/mol. The van der Waals surface area contributed by atoms with Crippen LogP contribution in [0.5, 0.6) is 0 Å². The summed E-state index contributed by atoms with van der Waals surface area (Å²) in [6.07, 6.45) is 26.2. The fraction of sp³-hybridized carbons (Fsp3) is 0.822. The zero-order valence-electron chi connectivity index (χ0n) is 36.3. The van der Waals surface area contributed by atoms with Gasteiger partial charge in [0.15, 0.2) is 6.10 Å². The van der Waals surface area contributed by atoms with Gasteiger partial charge in [-0.2, -0.15) is 0 Å². The predicted octanol–water partition coefficient (Wildman–Crippen LogP) is 8.61. The molecule has 0 aliphatic heterocycles. The second-order valence-corrected chi connectivity index (χ2v) is 17.3. The number of esters is 2. The molecule has 0 amide bonds. The number of aliphatic hydroxyl groups excluding tert-OH is 5. The van der Waals surface area contributed by atoms with E-state index >= 15 is 0 Å². The zero-order chi connectivity index (χ0) is 43.6. The highest BCUT2D eigenvalue weighted by atomic mass is 31.2. The van der Waals surface area contributed by atoms with Crippen molar-refractivity contribution in [2.24, 2.45) is 0 Å². The van der Waals surface area contributed by atoms with Crippen LogP contribution >= 0.6 is 7.82 Å². The molecule has 1 aliphatic rings. The van der Waals surface area contributed by atoms with Crippen LogP contribution in [-0.2, 0) is 32.7 Å². The third-order valence-electron chi connectivity index (χ3n) is 10.5. The van der Waals surface area contributed by atoms with E-state index in [1.807, 2.05) is 0 Å². The lowest BCUT2D eigenvalue weighted by atomic mass is 9.85. The van der Waals surface area contributed by atoms with Crippen LogP contribution in [0.1, 0.15) is 181 Å². The molecular formula is C45H81O13P. The van der Waals surface area contributed by atoms with E-state index in [-0.39, 0.29) is 12.8 Å². The molecule has 6 unspecified atom stereocenters. The highest BCUT2D eigenvalue weighted by Gasteiger charge is 2.51. The second kappa shape index (κ2) is 35.6. The average Bonchev–Trinajstić information content (AvgIpc) is 3.21. The zero-order valence-corrected chi connectivity index (χ0v) is 37.2. The molecule has 1 aliphatic carbocycles. The monoisotopic (exact) mass is 861 g/mol. The number of unbranched alkanes of at least 4 members (excludes halogenated alkanes) is 20. The highest BCUT2D eigenvalue weighted by molar-refractivity contribution is 7.47. The van der Waals surface area contributed by atoms with E-state index in [1.165, 1.54) is 77.0 Å². The molecule has 8 atom stereocenters. The van der Waals surface area contributed by atoms with Gasteiger partial charge in [-0.15, -0.1) is 0 Å². The minimum absolute atomic E-state index is 0.0791. The minimum atomic E-state index is -5.12. The fourth-order valence-electron chi connectivity index (χ4n) is 6.73. The first-order chi connectivity index (χ1) is 28.4. The summed E-state index contributed by atoms with van der Waals surface area (Å²) >= 11 is 0. The molecule has 344 valence electrons. The number of carbonyl (C=O) groups excluding carboxylic acids is 2. The molecule has 0 saturated heterocycles. The van der Waals surface area contributed by atoms with Crippen molar-refractivity contribution in [3.63, 3.8) is 0 Å². The fourth-order valence-corrected chi connectivity index (χ4v) is 7.70. The van der Waals surface area contributed by atoms with Gasteiger partial charge in [0.2, 0.25) is 0 Å². The third-order valence-corrected chi connectivity index (χ3v) is 11.5. The normalized spacial score (nSPS) is 22.6. The Morgan fingerprint density at radius 1 is 0.525 bits per heavy atom. The number of phosphoric acid groups is 1. The van der Waals surface area contributed by atoms with E-state index in [1.54, 1.807) is 0 Å². The van der Waals surface area contributed by atoms with Gasteiger partial charge in [0, 0.05) is 12.8 Å². The third kappa shape index (κ3) is 28.3. The summed E-state index contributed by atoms with van der Waals surface area (Å²) in [5.41, 5.74) is 0. The van der Waals surface area contributed by atoms with Crippen molar-refractivity contribution in [3.8, 4) is 0 Å². The Balaban J connectivity index is 2.48. The van der Waals surface area contributed by atoms with Crippen molar-refractivity contribution in [2.45, 2.75) is 224 Å². The molecule has 1 rings (SSSR count). The molecule has 6 N–H and O–H groups in total. The van der Waals surface area contributed by atoms with Gasteiger partial charge < -0.3 is 39.9 Å². The van der Waals surface area contributed by atoms with Gasteiger partial charge >= 0.3 is 19.8 Å². The number of ether oxygens (including phenoxy) is 2. The molecule has 0 bridgehead atoms. The first kappa shape index (κ1) is 55.1. The van der Waals surface area contributed by atoms with Crippen LogP contribution in [0.3, 0.4) is 0 Å². The van der Waals surface area contributed by atoms with E-state index in [0.29, 0.717) is 12.8 Å². The van der Waals surface area contributed by atoms with Crippen molar-refractivity contribution < 1.29 is 63.1 Å². The first-order valence-corrected chi connectivity index (χ1v) is 24.3. The van der Waals surface area contributed by atoms with Crippen LogP contribution in [-0.4, -0.2) is 98.3 Å². The highest BCUT2D eigenvalue weighted by Crippen LogP contribution is 2.47. The number of rotatable bonds is 37. The molecule has 59 heavy (non-hydrogen) atoms. The summed E-state index contributed by atoms with van der Waals surface area (Å²) in [5.74, 6) is -1.12. The number of carbonyl (C=O) groups is 2. The lowest BCUT2D eigenvalue weighted by Crippen LogP contribution is -2.64. The molecule has 0 radical (unpaired) electrons. The maximum absolute atomic E-state index is 12.8. The molecule has 14 heteroatoms. The summed E-state index contributed by atoms with van der Waals surface area (Å²) in [7, 11) is -5.12. The summed E-state index contributed by atoms with van der Waals surface area (Å²) in [5, 5.41) is 50.1. The Morgan fingerprint density at radius 3 is 1.44 bits per heavy atom. The van der Waals surface area contributed by atoms with Crippen LogP contribution in [0.2, 0.25) is 0 Å². The molecule has 0 spiro atoms. The lowest BCUT2D eigenvalue weighted by molar-refractivity contribution is -0.220. The maximum atomic E-state index is 12.8. The number of hydrogen-bond acceptors (Lipinski definition) is 12. The molecule has 0 aromatic carbocycles. The van der Waals surface area contributed by atoms with Gasteiger partial charge in [-0.25, -0.2) is 4.57 Å². The van der Waals surface area contributed by atoms with Crippen LogP contribution in [0.4, 0.5) is 0 Å². The topological polar surface area (TPSA) is 210 Å². The van der Waals surface area contributed by atoms with Gasteiger partial charge in [0.05, 0.1) is 6.61 Å². The van der Waals surface area contributed by atoms with Crippen molar-refractivity contribution in [3.05, 3.63) is 36.5 Å². The molecule has 0 aromatic rings. The summed E-state index contributed by atoms with van der Waals surface area (Å²) < 4.78 is 33.5. The van der Waals surface area contributed by atoms with E-state index in [9.17, 15) is 44.6 Å². The van der Waals surface area contributed by atoms with Gasteiger partial charge in [0.1, 0.15) is 43.2 Å². The Bertz CT molecular complexity index is 1180. The number of allylic oxidation sites excluding steroid dienone is 6. The number of hydrogen-bond donors (Lipinski definition) is 6. The molecule has 0 heterocycles. The van der Waals surface area contributed by atoms with Crippen molar-refractivity contribution in [1.82, 2.24) is 0 Å². The quantitative estimate of drug-likeness (QED) is 0.0114. The standard InChI is InChI=1S/C45H81O13P/c1-3-5-7-9-11-13-15-17-19-21-23-25-27-29-31-33-38(46)55-35-37(36-56-59(53,54)58-45-43(51)41(49)40(48)42(50)44(45)52)57-39(47)34-32-30-28-26-24-22-20-18-16-14-12-10-8-6-4-2/h9,11,14,16,18,20,37,40-45,48-52H,3-8,10,12-13,15,17,19,21-36H2,1-2H3,(H,53,54)/b11-9+,16-14+,20-18+/t37-,40?,41-,42?,43?,44?,45?/m1/s1. The summed E-state index contributed by atoms with van der Waals surface area (Å²) in [4.78, 5) is 35.7. The number of phosphoric ester groups is 1. The van der Waals surface area contributed by atoms with Crippen molar-refractivity contribution >= 4 is 19.8 Å². The van der Waals surface area contributed by atoms with Crippen LogP contribution < -0.4 is 0 Å². The van der Waals surface area contributed by atoms with E-state index in [4.69, 9.17) is 18.5 Å². The minimum Gasteiger partial charge on any atom is -0.462 e. The van der Waals surface area contributed by atoms with Gasteiger partial charge in [-0.05, 0) is 57.8 Å². The lowest BCUT2D eigenvalue weighted by Gasteiger charge is -2.41. The first-order valence-electron chi connectivity index (χ1n) is 22.8. The second-order valence-electron chi connectivity index (χ2n) is 15.9. The van der Waals surface area contributed by atoms with Crippen LogP contribution in [0, 0.1) is 0 Å². The van der Waals surface area contributed by atoms with E-state index in [2.05, 4.69) is 50.3 Å². The summed E-state index contributed by atoms with van der Waals surface area (Å²) in [6, 6.07) is 0. The largest absolute Gasteiger partial charge is 0.472 e. The molecule has 13 nitrogen and oxygen atoms in total. The average molecular weight is 861 g/mol.